The summed E-state index contributed by atoms with van der Waals surface area (Å²) in [4.78, 5) is 13.6. The van der Waals surface area contributed by atoms with Crippen LogP contribution in [0.15, 0.2) is 17.2 Å². The average molecular weight is 364 g/mol. The molecule has 0 atom stereocenters. The minimum absolute atomic E-state index is 0.0238. The fourth-order valence-corrected chi connectivity index (χ4v) is 2.16. The fraction of sp³-hybridized carbons (Fsp3) is 0.273. The molecule has 1 N–H and O–H groups in total. The molecule has 21 heavy (non-hydrogen) atoms. The number of ether oxygens (including phenoxy) is 1. The van der Waals surface area contributed by atoms with Crippen LogP contribution in [0, 0.1) is 0 Å². The predicted octanol–water partition coefficient (Wildman–Crippen LogP) is 4.02. The van der Waals surface area contributed by atoms with E-state index in [1.165, 1.54) is 0 Å². The van der Waals surface area contributed by atoms with E-state index in [9.17, 15) is 18.0 Å². The van der Waals surface area contributed by atoms with Crippen LogP contribution in [-0.4, -0.2) is 18.3 Å². The van der Waals surface area contributed by atoms with Crippen LogP contribution in [0.1, 0.15) is 18.1 Å². The summed E-state index contributed by atoms with van der Waals surface area (Å²) in [6.07, 6.45) is -4.63. The van der Waals surface area contributed by atoms with Gasteiger partial charge in [0.25, 0.3) is 0 Å². The maximum atomic E-state index is 12.6. The van der Waals surface area contributed by atoms with Crippen molar-refractivity contribution in [1.29, 1.82) is 0 Å². The number of hydrazone groups is 1. The monoisotopic (exact) mass is 362 g/mol. The number of carbonyl (C=O) groups is 1. The highest BCUT2D eigenvalue weighted by Crippen LogP contribution is 2.36. The zero-order valence-electron chi connectivity index (χ0n) is 10.4. The normalized spacial score (nSPS) is 12.2. The van der Waals surface area contributed by atoms with E-state index in [2.05, 4.69) is 5.10 Å². The highest BCUT2D eigenvalue weighted by Gasteiger charge is 2.33. The number of halogens is 6. The molecule has 0 heterocycles. The molecule has 4 nitrogen and oxygen atoms in total. The summed E-state index contributed by atoms with van der Waals surface area (Å²) < 4.78 is 42.6. The molecule has 0 fully saturated rings. The van der Waals surface area contributed by atoms with E-state index in [1.54, 1.807) is 6.92 Å². The van der Waals surface area contributed by atoms with E-state index in [-0.39, 0.29) is 12.2 Å². The number of hydrogen-bond acceptors (Lipinski definition) is 4. The van der Waals surface area contributed by atoms with Crippen LogP contribution in [-0.2, 0) is 15.7 Å². The molecule has 0 aliphatic heterocycles. The van der Waals surface area contributed by atoms with Crippen LogP contribution in [0.2, 0.25) is 10.0 Å². The van der Waals surface area contributed by atoms with Gasteiger partial charge in [0.05, 0.1) is 22.2 Å². The molecule has 116 valence electrons. The van der Waals surface area contributed by atoms with Crippen molar-refractivity contribution in [1.82, 2.24) is 4.94 Å². The first-order valence-corrected chi connectivity index (χ1v) is 6.52. The first-order chi connectivity index (χ1) is 9.72. The van der Waals surface area contributed by atoms with Crippen LogP contribution in [0.3, 0.4) is 0 Å². The number of carbonyl (C=O) groups excluding carboxylic acids is 1. The number of rotatable bonds is 4. The van der Waals surface area contributed by atoms with Crippen molar-refractivity contribution in [2.45, 2.75) is 13.1 Å². The van der Waals surface area contributed by atoms with Crippen LogP contribution < -0.4 is 4.94 Å². The summed E-state index contributed by atoms with van der Waals surface area (Å²) in [7, 11) is 0. The molecule has 1 aromatic rings. The number of benzene rings is 1. The van der Waals surface area contributed by atoms with Gasteiger partial charge in [-0.1, -0.05) is 23.2 Å². The fourth-order valence-electron chi connectivity index (χ4n) is 1.41. The van der Waals surface area contributed by atoms with Crippen molar-refractivity contribution < 1.29 is 22.7 Å². The van der Waals surface area contributed by atoms with Crippen molar-refractivity contribution >= 4 is 46.7 Å². The largest absolute Gasteiger partial charge is 0.461 e. The second-order valence-electron chi connectivity index (χ2n) is 3.58. The molecular weight excluding hydrogens is 355 g/mol. The number of esters is 1. The van der Waals surface area contributed by atoms with Gasteiger partial charge in [-0.05, 0) is 19.1 Å². The molecule has 1 aromatic carbocycles. The highest BCUT2D eigenvalue weighted by molar-refractivity contribution is 6.51. The third kappa shape index (κ3) is 4.39. The summed E-state index contributed by atoms with van der Waals surface area (Å²) in [6, 6.07) is 1.26. The lowest BCUT2D eigenvalue weighted by Gasteiger charge is -2.13. The third-order valence-electron chi connectivity index (χ3n) is 2.23. The minimum atomic E-state index is -4.63. The van der Waals surface area contributed by atoms with Gasteiger partial charge < -0.3 is 4.74 Å². The van der Waals surface area contributed by atoms with Gasteiger partial charge >= 0.3 is 12.1 Å². The molecule has 0 radical (unpaired) electrons. The SMILES string of the molecule is CCOC(=O)C(=NNCl)c1c(Cl)cc(C(F)(F)F)cc1Cl. The van der Waals surface area contributed by atoms with Gasteiger partial charge in [-0.2, -0.15) is 18.3 Å². The Hall–Kier alpha value is -1.18. The van der Waals surface area contributed by atoms with Crippen LogP contribution in [0.4, 0.5) is 13.2 Å². The molecule has 0 saturated carbocycles. The Bertz CT molecular complexity index is 553. The Morgan fingerprint density at radius 3 is 2.24 bits per heavy atom. The standard InChI is InChI=1S/C11H8Cl3F3N2O2/c1-2-21-10(20)9(18-19-14)8-6(12)3-5(4-7(8)13)11(15,16)17/h3-4,19H,2H2,1H3. The molecule has 0 spiro atoms. The maximum Gasteiger partial charge on any atom is 0.416 e. The molecule has 10 heteroatoms. The molecule has 1 rings (SSSR count). The average Bonchev–Trinajstić information content (AvgIpc) is 2.35. The molecule has 0 bridgehead atoms. The second kappa shape index (κ2) is 7.20. The van der Waals surface area contributed by atoms with Gasteiger partial charge in [0, 0.05) is 17.3 Å². The zero-order valence-corrected chi connectivity index (χ0v) is 12.7. The topological polar surface area (TPSA) is 50.7 Å². The van der Waals surface area contributed by atoms with Crippen molar-refractivity contribution in [2.75, 3.05) is 6.61 Å². The Kier molecular flexibility index (Phi) is 6.12. The van der Waals surface area contributed by atoms with Crippen LogP contribution in [0.5, 0.6) is 0 Å². The molecule has 0 aliphatic carbocycles. The maximum absolute atomic E-state index is 12.6. The van der Waals surface area contributed by atoms with Crippen molar-refractivity contribution in [3.63, 3.8) is 0 Å². The number of hydrogen-bond donors (Lipinski definition) is 1. The van der Waals surface area contributed by atoms with E-state index in [1.807, 2.05) is 4.94 Å². The lowest BCUT2D eigenvalue weighted by atomic mass is 10.1. The molecule has 0 amide bonds. The van der Waals surface area contributed by atoms with Gasteiger partial charge in [-0.15, -0.1) is 0 Å². The van der Waals surface area contributed by atoms with Crippen molar-refractivity contribution in [2.24, 2.45) is 5.10 Å². The second-order valence-corrected chi connectivity index (χ2v) is 4.56. The van der Waals surface area contributed by atoms with E-state index in [0.717, 1.165) is 0 Å². The number of alkyl halides is 3. The summed E-state index contributed by atoms with van der Waals surface area (Å²) in [5.74, 6) is -0.936. The molecule has 0 aromatic heterocycles. The van der Waals surface area contributed by atoms with Crippen molar-refractivity contribution in [3.05, 3.63) is 33.3 Å². The summed E-state index contributed by atoms with van der Waals surface area (Å²) in [5.41, 5.74) is -1.70. The highest BCUT2D eigenvalue weighted by atomic mass is 35.5. The smallest absolute Gasteiger partial charge is 0.416 e. The molecule has 0 saturated heterocycles. The minimum Gasteiger partial charge on any atom is -0.461 e. The van der Waals surface area contributed by atoms with Gasteiger partial charge in [0.2, 0.25) is 0 Å². The number of nitrogens with zero attached hydrogens (tertiary/aromatic N) is 1. The Morgan fingerprint density at radius 1 is 1.33 bits per heavy atom. The molecule has 0 aliphatic rings. The zero-order chi connectivity index (χ0) is 16.2. The van der Waals surface area contributed by atoms with E-state index >= 15 is 0 Å². The Labute approximate surface area is 132 Å². The summed E-state index contributed by atoms with van der Waals surface area (Å²) in [6.45, 7) is 1.57. The van der Waals surface area contributed by atoms with Gasteiger partial charge in [0.15, 0.2) is 5.71 Å². The molecule has 0 unspecified atom stereocenters. The van der Waals surface area contributed by atoms with Gasteiger partial charge in [-0.25, -0.2) is 9.74 Å². The quantitative estimate of drug-likeness (QED) is 0.380. The number of nitrogens with one attached hydrogen (secondary N) is 1. The lowest BCUT2D eigenvalue weighted by molar-refractivity contribution is -0.137. The van der Waals surface area contributed by atoms with Gasteiger partial charge in [0.1, 0.15) is 0 Å². The first-order valence-electron chi connectivity index (χ1n) is 5.39. The van der Waals surface area contributed by atoms with E-state index < -0.39 is 33.5 Å². The summed E-state index contributed by atoms with van der Waals surface area (Å²) >= 11 is 16.7. The van der Waals surface area contributed by atoms with Crippen LogP contribution in [0.25, 0.3) is 0 Å². The van der Waals surface area contributed by atoms with Crippen LogP contribution >= 0.6 is 35.0 Å². The molecular formula is C11H8Cl3F3N2O2. The predicted molar refractivity (Wildman–Crippen MR) is 73.6 cm³/mol. The van der Waals surface area contributed by atoms with Gasteiger partial charge in [-0.3, -0.25) is 0 Å². The van der Waals surface area contributed by atoms with E-state index in [0.29, 0.717) is 12.1 Å². The lowest BCUT2D eigenvalue weighted by Crippen LogP contribution is -2.22. The van der Waals surface area contributed by atoms with Crippen molar-refractivity contribution in [3.8, 4) is 0 Å². The third-order valence-corrected chi connectivity index (χ3v) is 2.91. The Balaban J connectivity index is 3.41. The Morgan fingerprint density at radius 2 is 1.86 bits per heavy atom. The first kappa shape index (κ1) is 17.9. The summed E-state index contributed by atoms with van der Waals surface area (Å²) in [5, 5.41) is 2.62. The van der Waals surface area contributed by atoms with E-state index in [4.69, 9.17) is 39.7 Å².